The molecule has 2 heteroatoms. The van der Waals surface area contributed by atoms with Gasteiger partial charge in [0.15, 0.2) is 0 Å². The molecule has 0 bridgehead atoms. The van der Waals surface area contributed by atoms with Crippen molar-refractivity contribution in [1.82, 2.24) is 10.2 Å². The molecule has 0 atom stereocenters. The number of rotatable bonds is 1. The maximum absolute atomic E-state index is 3.76. The molecule has 0 amide bonds. The molecule has 8 heavy (non-hydrogen) atoms. The molecule has 1 N–H and O–H groups in total. The summed E-state index contributed by atoms with van der Waals surface area (Å²) in [6.45, 7) is 1.98. The first-order valence-electron chi connectivity index (χ1n) is 2.55. The number of hydrogen-bond acceptors (Lipinski definition) is 1. The lowest BCUT2D eigenvalue weighted by atomic mass is 10.3. The van der Waals surface area contributed by atoms with Gasteiger partial charge in [-0.2, -0.15) is 5.10 Å². The highest BCUT2D eigenvalue weighted by Gasteiger charge is 1.80. The van der Waals surface area contributed by atoms with Crippen LogP contribution < -0.4 is 0 Å². The Hall–Kier alpha value is -1.05. The summed E-state index contributed by atoms with van der Waals surface area (Å²) < 4.78 is 0. The molecule has 2 nitrogen and oxygen atoms in total. The van der Waals surface area contributed by atoms with Crippen LogP contribution in [0.2, 0.25) is 0 Å². The van der Waals surface area contributed by atoms with Crippen molar-refractivity contribution in [2.75, 3.05) is 0 Å². The Morgan fingerprint density at radius 3 is 3.12 bits per heavy atom. The topological polar surface area (TPSA) is 28.7 Å². The fourth-order valence-corrected chi connectivity index (χ4v) is 0.544. The zero-order chi connectivity index (χ0) is 5.82. The Bertz CT molecular complexity index is 163. The van der Waals surface area contributed by atoms with Gasteiger partial charge in [-0.3, -0.25) is 5.10 Å². The van der Waals surface area contributed by atoms with Crippen LogP contribution in [0.3, 0.4) is 0 Å². The Kier molecular flexibility index (Phi) is 1.47. The fourth-order valence-electron chi connectivity index (χ4n) is 0.544. The molecule has 0 aliphatic heterocycles. The normalized spacial score (nSPS) is 10.6. The molecule has 0 spiro atoms. The van der Waals surface area contributed by atoms with Gasteiger partial charge in [0.05, 0.1) is 6.20 Å². The van der Waals surface area contributed by atoms with E-state index in [1.54, 1.807) is 6.20 Å². The Labute approximate surface area is 48.2 Å². The molecule has 0 saturated carbocycles. The molecule has 1 rings (SSSR count). The molecule has 0 aliphatic rings. The molecule has 0 radical (unpaired) electrons. The highest BCUT2D eigenvalue weighted by Crippen LogP contribution is 1.94. The van der Waals surface area contributed by atoms with Crippen molar-refractivity contribution >= 4 is 6.08 Å². The molecule has 1 aromatic rings. The average Bonchev–Trinajstić information content (AvgIpc) is 2.19. The van der Waals surface area contributed by atoms with Crippen LogP contribution >= 0.6 is 0 Å². The summed E-state index contributed by atoms with van der Waals surface area (Å²) in [4.78, 5) is 0. The molecule has 0 aliphatic carbocycles. The number of nitrogens with one attached hydrogen (secondary N) is 1. The van der Waals surface area contributed by atoms with Gasteiger partial charge in [-0.1, -0.05) is 12.2 Å². The molecule has 0 saturated heterocycles. The summed E-state index contributed by atoms with van der Waals surface area (Å²) in [6, 6.07) is 0. The molecular weight excluding hydrogens is 100 g/mol. The molecule has 1 heterocycles. The maximum Gasteiger partial charge on any atom is 0.0559 e. The monoisotopic (exact) mass is 108 g/mol. The zero-order valence-electron chi connectivity index (χ0n) is 4.76. The first-order chi connectivity index (χ1) is 3.93. The second kappa shape index (κ2) is 2.31. The van der Waals surface area contributed by atoms with E-state index in [4.69, 9.17) is 0 Å². The largest absolute Gasteiger partial charge is 0.285 e. The second-order valence-corrected chi connectivity index (χ2v) is 1.53. The van der Waals surface area contributed by atoms with Gasteiger partial charge in [0.2, 0.25) is 0 Å². The van der Waals surface area contributed by atoms with Crippen LogP contribution in [0.1, 0.15) is 12.5 Å². The number of hydrogen-bond donors (Lipinski definition) is 1. The van der Waals surface area contributed by atoms with Crippen molar-refractivity contribution in [3.63, 3.8) is 0 Å². The van der Waals surface area contributed by atoms with Gasteiger partial charge in [0.25, 0.3) is 0 Å². The minimum absolute atomic E-state index is 1.12. The summed E-state index contributed by atoms with van der Waals surface area (Å²) in [6.07, 6.45) is 7.59. The molecule has 1 aromatic heterocycles. The Balaban J connectivity index is 2.77. The first-order valence-corrected chi connectivity index (χ1v) is 2.55. The van der Waals surface area contributed by atoms with Gasteiger partial charge >= 0.3 is 0 Å². The van der Waals surface area contributed by atoms with E-state index in [0.29, 0.717) is 0 Å². The number of aromatic amines is 1. The Morgan fingerprint density at radius 2 is 2.62 bits per heavy atom. The predicted molar refractivity (Wildman–Crippen MR) is 33.3 cm³/mol. The SMILES string of the molecule is CC=Cc1cn[nH]c1. The lowest BCUT2D eigenvalue weighted by molar-refractivity contribution is 1.09. The summed E-state index contributed by atoms with van der Waals surface area (Å²) in [5, 5.41) is 6.48. The average molecular weight is 108 g/mol. The summed E-state index contributed by atoms with van der Waals surface area (Å²) in [5.74, 6) is 0. The van der Waals surface area contributed by atoms with E-state index in [1.165, 1.54) is 0 Å². The minimum atomic E-state index is 1.12. The van der Waals surface area contributed by atoms with Crippen LogP contribution in [0.25, 0.3) is 6.08 Å². The maximum atomic E-state index is 3.76. The standard InChI is InChI=1S/C6H8N2/c1-2-3-6-4-7-8-5-6/h2-5H,1H3,(H,7,8). The lowest BCUT2D eigenvalue weighted by Gasteiger charge is -1.73. The van der Waals surface area contributed by atoms with E-state index in [1.807, 2.05) is 25.3 Å². The van der Waals surface area contributed by atoms with Gasteiger partial charge in [-0.05, 0) is 6.92 Å². The van der Waals surface area contributed by atoms with Crippen LogP contribution in [0.4, 0.5) is 0 Å². The molecule has 42 valence electrons. The second-order valence-electron chi connectivity index (χ2n) is 1.53. The van der Waals surface area contributed by atoms with Crippen molar-refractivity contribution in [1.29, 1.82) is 0 Å². The minimum Gasteiger partial charge on any atom is -0.285 e. The summed E-state index contributed by atoms with van der Waals surface area (Å²) >= 11 is 0. The predicted octanol–water partition coefficient (Wildman–Crippen LogP) is 1.44. The van der Waals surface area contributed by atoms with Crippen molar-refractivity contribution < 1.29 is 0 Å². The third kappa shape index (κ3) is 0.964. The number of aromatic nitrogens is 2. The lowest BCUT2D eigenvalue weighted by Crippen LogP contribution is -1.55. The molecule has 0 fully saturated rings. The van der Waals surface area contributed by atoms with Gasteiger partial charge in [0.1, 0.15) is 0 Å². The van der Waals surface area contributed by atoms with Gasteiger partial charge in [-0.25, -0.2) is 0 Å². The molecule has 0 aromatic carbocycles. The highest BCUT2D eigenvalue weighted by molar-refractivity contribution is 5.45. The smallest absolute Gasteiger partial charge is 0.0559 e. The third-order valence-electron chi connectivity index (χ3n) is 0.878. The number of allylic oxidation sites excluding steroid dienone is 1. The van der Waals surface area contributed by atoms with Crippen LogP contribution in [0.5, 0.6) is 0 Å². The molecule has 0 unspecified atom stereocenters. The van der Waals surface area contributed by atoms with Gasteiger partial charge in [-0.15, -0.1) is 0 Å². The van der Waals surface area contributed by atoms with Crippen molar-refractivity contribution in [3.05, 3.63) is 24.0 Å². The van der Waals surface area contributed by atoms with Crippen LogP contribution in [0.15, 0.2) is 18.5 Å². The van der Waals surface area contributed by atoms with Crippen LogP contribution in [-0.2, 0) is 0 Å². The van der Waals surface area contributed by atoms with Crippen LogP contribution in [0, 0.1) is 0 Å². The van der Waals surface area contributed by atoms with E-state index in [0.717, 1.165) is 5.56 Å². The fraction of sp³-hybridized carbons (Fsp3) is 0.167. The van der Waals surface area contributed by atoms with E-state index >= 15 is 0 Å². The number of nitrogens with zero attached hydrogens (tertiary/aromatic N) is 1. The highest BCUT2D eigenvalue weighted by atomic mass is 15.1. The van der Waals surface area contributed by atoms with Crippen LogP contribution in [-0.4, -0.2) is 10.2 Å². The summed E-state index contributed by atoms with van der Waals surface area (Å²) in [5.41, 5.74) is 1.12. The molecular formula is C6H8N2. The first kappa shape index (κ1) is 5.09. The zero-order valence-corrected chi connectivity index (χ0v) is 4.76. The Morgan fingerprint density at radius 1 is 1.75 bits per heavy atom. The number of H-pyrrole nitrogens is 1. The van der Waals surface area contributed by atoms with Crippen molar-refractivity contribution in [2.24, 2.45) is 0 Å². The van der Waals surface area contributed by atoms with E-state index in [9.17, 15) is 0 Å². The van der Waals surface area contributed by atoms with Gasteiger partial charge < -0.3 is 0 Å². The van der Waals surface area contributed by atoms with E-state index in [2.05, 4.69) is 10.2 Å². The van der Waals surface area contributed by atoms with Crippen molar-refractivity contribution in [2.45, 2.75) is 6.92 Å². The third-order valence-corrected chi connectivity index (χ3v) is 0.878. The summed E-state index contributed by atoms with van der Waals surface area (Å²) in [7, 11) is 0. The van der Waals surface area contributed by atoms with E-state index < -0.39 is 0 Å². The van der Waals surface area contributed by atoms with Crippen molar-refractivity contribution in [3.8, 4) is 0 Å². The quantitative estimate of drug-likeness (QED) is 0.579. The van der Waals surface area contributed by atoms with E-state index in [-0.39, 0.29) is 0 Å². The van der Waals surface area contributed by atoms with Gasteiger partial charge in [0, 0.05) is 11.8 Å².